The van der Waals surface area contributed by atoms with Crippen molar-refractivity contribution in [1.82, 2.24) is 0 Å². The molecule has 0 unspecified atom stereocenters. The zero-order valence-corrected chi connectivity index (χ0v) is 14.0. The molecule has 0 radical (unpaired) electrons. The van der Waals surface area contributed by atoms with Gasteiger partial charge in [0, 0.05) is 12.1 Å². The number of benzene rings is 2. The minimum atomic E-state index is 0.0436. The van der Waals surface area contributed by atoms with Crippen molar-refractivity contribution in [2.24, 2.45) is 0 Å². The highest BCUT2D eigenvalue weighted by Gasteiger charge is 2.04. The van der Waals surface area contributed by atoms with E-state index >= 15 is 0 Å². The second-order valence-electron chi connectivity index (χ2n) is 5.70. The van der Waals surface area contributed by atoms with Crippen LogP contribution in [0.3, 0.4) is 0 Å². The number of hydrogen-bond donors (Lipinski definition) is 1. The van der Waals surface area contributed by atoms with E-state index in [1.165, 1.54) is 18.4 Å². The summed E-state index contributed by atoms with van der Waals surface area (Å²) in [6.45, 7) is 2.19. The first-order chi connectivity index (χ1) is 11.2. The van der Waals surface area contributed by atoms with Crippen molar-refractivity contribution in [3.8, 4) is 5.75 Å². The zero-order valence-electron chi connectivity index (χ0n) is 14.0. The molecule has 0 aliphatic heterocycles. The third kappa shape index (κ3) is 5.78. The van der Waals surface area contributed by atoms with E-state index in [1.54, 1.807) is 7.11 Å². The SMILES string of the molecule is CCCCc1ccc(NC(=O)CCc2ccc(OC)cc2)cc1. The molecule has 3 heteroatoms. The van der Waals surface area contributed by atoms with Gasteiger partial charge in [-0.3, -0.25) is 4.79 Å². The maximum Gasteiger partial charge on any atom is 0.224 e. The maximum atomic E-state index is 12.0. The molecule has 0 atom stereocenters. The van der Waals surface area contributed by atoms with Crippen LogP contribution in [-0.2, 0) is 17.6 Å². The van der Waals surface area contributed by atoms with Crippen molar-refractivity contribution in [2.45, 2.75) is 39.0 Å². The van der Waals surface area contributed by atoms with Gasteiger partial charge in [0.2, 0.25) is 5.91 Å². The van der Waals surface area contributed by atoms with Gasteiger partial charge in [0.1, 0.15) is 5.75 Å². The molecule has 0 aliphatic rings. The first-order valence-electron chi connectivity index (χ1n) is 8.23. The zero-order chi connectivity index (χ0) is 16.5. The van der Waals surface area contributed by atoms with Gasteiger partial charge in [0.05, 0.1) is 7.11 Å². The van der Waals surface area contributed by atoms with Crippen LogP contribution in [0.25, 0.3) is 0 Å². The van der Waals surface area contributed by atoms with Gasteiger partial charge in [-0.1, -0.05) is 37.6 Å². The van der Waals surface area contributed by atoms with Gasteiger partial charge < -0.3 is 10.1 Å². The van der Waals surface area contributed by atoms with E-state index in [9.17, 15) is 4.79 Å². The van der Waals surface area contributed by atoms with Crippen LogP contribution in [0.5, 0.6) is 5.75 Å². The Kier molecular flexibility index (Phi) is 6.67. The average molecular weight is 311 g/mol. The number of rotatable bonds is 8. The Morgan fingerprint density at radius 1 is 0.957 bits per heavy atom. The number of unbranched alkanes of at least 4 members (excludes halogenated alkanes) is 1. The molecular formula is C20H25NO2. The summed E-state index contributed by atoms with van der Waals surface area (Å²) >= 11 is 0. The Morgan fingerprint density at radius 2 is 1.57 bits per heavy atom. The monoisotopic (exact) mass is 311 g/mol. The molecule has 2 rings (SSSR count). The summed E-state index contributed by atoms with van der Waals surface area (Å²) in [6, 6.07) is 16.0. The Hall–Kier alpha value is -2.29. The standard InChI is InChI=1S/C20H25NO2/c1-3-4-5-16-6-11-18(12-7-16)21-20(22)15-10-17-8-13-19(23-2)14-9-17/h6-9,11-14H,3-5,10,15H2,1-2H3,(H,21,22). The predicted octanol–water partition coefficient (Wildman–Crippen LogP) is 4.61. The molecule has 0 fully saturated rings. The number of aryl methyl sites for hydroxylation is 2. The van der Waals surface area contributed by atoms with Crippen LogP contribution in [0.1, 0.15) is 37.3 Å². The number of amides is 1. The van der Waals surface area contributed by atoms with Gasteiger partial charge in [-0.05, 0) is 54.7 Å². The fourth-order valence-electron chi connectivity index (χ4n) is 2.41. The molecule has 3 nitrogen and oxygen atoms in total. The van der Waals surface area contributed by atoms with Crippen LogP contribution in [0, 0.1) is 0 Å². The molecule has 0 aromatic heterocycles. The predicted molar refractivity (Wildman–Crippen MR) is 95.0 cm³/mol. The molecule has 0 heterocycles. The third-order valence-electron chi connectivity index (χ3n) is 3.86. The molecule has 1 N–H and O–H groups in total. The summed E-state index contributed by atoms with van der Waals surface area (Å²) in [5, 5.41) is 2.95. The van der Waals surface area contributed by atoms with Gasteiger partial charge in [-0.2, -0.15) is 0 Å². The molecule has 0 bridgehead atoms. The second kappa shape index (κ2) is 8.99. The van der Waals surface area contributed by atoms with Crippen LogP contribution in [0.4, 0.5) is 5.69 Å². The van der Waals surface area contributed by atoms with Crippen molar-refractivity contribution in [1.29, 1.82) is 0 Å². The van der Waals surface area contributed by atoms with E-state index in [0.29, 0.717) is 6.42 Å². The number of carbonyl (C=O) groups is 1. The molecule has 0 saturated heterocycles. The average Bonchev–Trinajstić information content (AvgIpc) is 2.60. The van der Waals surface area contributed by atoms with Gasteiger partial charge in [-0.25, -0.2) is 0 Å². The van der Waals surface area contributed by atoms with Crippen LogP contribution in [-0.4, -0.2) is 13.0 Å². The molecule has 0 aliphatic carbocycles. The number of nitrogens with one attached hydrogen (secondary N) is 1. The van der Waals surface area contributed by atoms with Gasteiger partial charge in [0.15, 0.2) is 0 Å². The molecular weight excluding hydrogens is 286 g/mol. The summed E-state index contributed by atoms with van der Waals surface area (Å²) in [5.41, 5.74) is 3.32. The van der Waals surface area contributed by atoms with E-state index in [0.717, 1.165) is 29.8 Å². The third-order valence-corrected chi connectivity index (χ3v) is 3.86. The van der Waals surface area contributed by atoms with E-state index in [1.807, 2.05) is 36.4 Å². The molecule has 0 spiro atoms. The Balaban J connectivity index is 1.79. The van der Waals surface area contributed by atoms with Crippen molar-refractivity contribution >= 4 is 11.6 Å². The lowest BCUT2D eigenvalue weighted by Gasteiger charge is -2.07. The quantitative estimate of drug-likeness (QED) is 0.773. The van der Waals surface area contributed by atoms with E-state index in [2.05, 4.69) is 24.4 Å². The summed E-state index contributed by atoms with van der Waals surface area (Å²) in [4.78, 5) is 12.0. The molecule has 2 aromatic rings. The molecule has 0 saturated carbocycles. The summed E-state index contributed by atoms with van der Waals surface area (Å²) < 4.78 is 5.13. The lowest BCUT2D eigenvalue weighted by Crippen LogP contribution is -2.12. The second-order valence-corrected chi connectivity index (χ2v) is 5.70. The summed E-state index contributed by atoms with van der Waals surface area (Å²) in [6.07, 6.45) is 4.70. The smallest absolute Gasteiger partial charge is 0.224 e. The Labute approximate surface area is 138 Å². The van der Waals surface area contributed by atoms with Gasteiger partial charge in [0.25, 0.3) is 0 Å². The van der Waals surface area contributed by atoms with Crippen molar-refractivity contribution in [2.75, 3.05) is 12.4 Å². The topological polar surface area (TPSA) is 38.3 Å². The largest absolute Gasteiger partial charge is 0.497 e. The first kappa shape index (κ1) is 17.1. The number of hydrogen-bond acceptors (Lipinski definition) is 2. The number of ether oxygens (including phenoxy) is 1. The van der Waals surface area contributed by atoms with E-state index in [4.69, 9.17) is 4.74 Å². The van der Waals surface area contributed by atoms with Crippen LogP contribution < -0.4 is 10.1 Å². The Bertz CT molecular complexity index is 603. The fourth-order valence-corrected chi connectivity index (χ4v) is 2.41. The van der Waals surface area contributed by atoms with Crippen molar-refractivity contribution in [3.05, 3.63) is 59.7 Å². The highest BCUT2D eigenvalue weighted by Crippen LogP contribution is 2.14. The minimum Gasteiger partial charge on any atom is -0.497 e. The lowest BCUT2D eigenvalue weighted by atomic mass is 10.1. The Morgan fingerprint density at radius 3 is 2.17 bits per heavy atom. The van der Waals surface area contributed by atoms with E-state index in [-0.39, 0.29) is 5.91 Å². The van der Waals surface area contributed by atoms with E-state index < -0.39 is 0 Å². The molecule has 122 valence electrons. The lowest BCUT2D eigenvalue weighted by molar-refractivity contribution is -0.116. The molecule has 1 amide bonds. The normalized spacial score (nSPS) is 10.3. The fraction of sp³-hybridized carbons (Fsp3) is 0.350. The molecule has 23 heavy (non-hydrogen) atoms. The summed E-state index contributed by atoms with van der Waals surface area (Å²) in [7, 11) is 1.65. The maximum absolute atomic E-state index is 12.0. The summed E-state index contributed by atoms with van der Waals surface area (Å²) in [5.74, 6) is 0.878. The van der Waals surface area contributed by atoms with Crippen molar-refractivity contribution in [3.63, 3.8) is 0 Å². The number of methoxy groups -OCH3 is 1. The highest BCUT2D eigenvalue weighted by molar-refractivity contribution is 5.90. The van der Waals surface area contributed by atoms with Crippen LogP contribution >= 0.6 is 0 Å². The highest BCUT2D eigenvalue weighted by atomic mass is 16.5. The van der Waals surface area contributed by atoms with Gasteiger partial charge in [-0.15, -0.1) is 0 Å². The number of anilines is 1. The van der Waals surface area contributed by atoms with Crippen LogP contribution in [0.2, 0.25) is 0 Å². The minimum absolute atomic E-state index is 0.0436. The van der Waals surface area contributed by atoms with Crippen LogP contribution in [0.15, 0.2) is 48.5 Å². The first-order valence-corrected chi connectivity index (χ1v) is 8.23. The number of carbonyl (C=O) groups excluding carboxylic acids is 1. The van der Waals surface area contributed by atoms with Gasteiger partial charge >= 0.3 is 0 Å². The van der Waals surface area contributed by atoms with Crippen molar-refractivity contribution < 1.29 is 9.53 Å². The molecule has 2 aromatic carbocycles.